The second-order valence-corrected chi connectivity index (χ2v) is 8.40. The molecule has 0 unspecified atom stereocenters. The molecular weight excluding hydrogens is 432 g/mol. The Morgan fingerprint density at radius 1 is 1.06 bits per heavy atom. The number of rotatable bonds is 4. The third-order valence-electron chi connectivity index (χ3n) is 6.10. The molecule has 5 rings (SSSR count). The number of hydrogen-bond acceptors (Lipinski definition) is 7. The Bertz CT molecular complexity index is 1390. The molecule has 1 aliphatic rings. The first-order chi connectivity index (χ1) is 16.4. The van der Waals surface area contributed by atoms with Crippen LogP contribution in [0, 0.1) is 11.3 Å². The first kappa shape index (κ1) is 21.6. The minimum Gasteiger partial charge on any atom is -0.384 e. The van der Waals surface area contributed by atoms with Crippen molar-refractivity contribution in [3.05, 3.63) is 54.7 Å². The van der Waals surface area contributed by atoms with Crippen molar-refractivity contribution in [2.75, 3.05) is 31.1 Å². The number of aliphatic hydroxyl groups excluding tert-OH is 1. The van der Waals surface area contributed by atoms with Gasteiger partial charge in [0.25, 0.3) is 5.91 Å². The van der Waals surface area contributed by atoms with Crippen molar-refractivity contribution in [2.24, 2.45) is 7.05 Å². The standard InChI is InChI=1S/C24H24N8O2/c1-16(33)24(34)31-7-5-30(6-8-31)22-4-3-17(11-26-22)21-9-18(20-13-27-29(2)14-20)15-32-23(21)19(10-25)12-28-32/h3-4,9,11-16,33H,5-8H2,1-2H3/t16-/m0/s1. The Balaban J connectivity index is 1.46. The topological polar surface area (TPSA) is 116 Å². The first-order valence-corrected chi connectivity index (χ1v) is 11.0. The van der Waals surface area contributed by atoms with E-state index in [1.54, 1.807) is 32.7 Å². The van der Waals surface area contributed by atoms with Crippen LogP contribution in [0.2, 0.25) is 0 Å². The molecule has 0 spiro atoms. The molecule has 1 amide bonds. The van der Waals surface area contributed by atoms with Gasteiger partial charge >= 0.3 is 0 Å². The molecule has 34 heavy (non-hydrogen) atoms. The van der Waals surface area contributed by atoms with E-state index in [0.29, 0.717) is 31.7 Å². The molecule has 0 aliphatic carbocycles. The molecule has 1 aliphatic heterocycles. The lowest BCUT2D eigenvalue weighted by molar-refractivity contribution is -0.139. The molecule has 1 fully saturated rings. The van der Waals surface area contributed by atoms with Crippen LogP contribution >= 0.6 is 0 Å². The molecule has 0 radical (unpaired) electrons. The van der Waals surface area contributed by atoms with Crippen LogP contribution in [-0.4, -0.2) is 72.6 Å². The van der Waals surface area contributed by atoms with E-state index in [4.69, 9.17) is 0 Å². The van der Waals surface area contributed by atoms with Crippen molar-refractivity contribution in [3.8, 4) is 28.3 Å². The van der Waals surface area contributed by atoms with Crippen LogP contribution in [0.15, 0.2) is 49.2 Å². The number of carbonyl (C=O) groups is 1. The lowest BCUT2D eigenvalue weighted by Gasteiger charge is -2.36. The highest BCUT2D eigenvalue weighted by Gasteiger charge is 2.24. The van der Waals surface area contributed by atoms with Gasteiger partial charge in [0.05, 0.1) is 23.5 Å². The van der Waals surface area contributed by atoms with E-state index in [9.17, 15) is 15.2 Å². The van der Waals surface area contributed by atoms with Crippen molar-refractivity contribution in [3.63, 3.8) is 0 Å². The molecule has 1 saturated heterocycles. The molecule has 4 aromatic heterocycles. The van der Waals surface area contributed by atoms with Gasteiger partial charge in [-0.25, -0.2) is 9.50 Å². The van der Waals surface area contributed by atoms with Crippen LogP contribution < -0.4 is 4.90 Å². The third-order valence-corrected chi connectivity index (χ3v) is 6.10. The Morgan fingerprint density at radius 2 is 1.85 bits per heavy atom. The van der Waals surface area contributed by atoms with E-state index in [1.165, 1.54) is 6.92 Å². The van der Waals surface area contributed by atoms with Gasteiger partial charge < -0.3 is 14.9 Å². The maximum atomic E-state index is 12.0. The molecule has 10 nitrogen and oxygen atoms in total. The van der Waals surface area contributed by atoms with E-state index < -0.39 is 6.10 Å². The Hall–Kier alpha value is -4.23. The summed E-state index contributed by atoms with van der Waals surface area (Å²) in [4.78, 5) is 20.5. The summed E-state index contributed by atoms with van der Waals surface area (Å²) in [6, 6.07) is 8.21. The number of aliphatic hydroxyl groups is 1. The molecular formula is C24H24N8O2. The number of aryl methyl sites for hydroxylation is 1. The summed E-state index contributed by atoms with van der Waals surface area (Å²) in [5.41, 5.74) is 4.85. The largest absolute Gasteiger partial charge is 0.384 e. The van der Waals surface area contributed by atoms with Gasteiger partial charge in [-0.15, -0.1) is 0 Å². The van der Waals surface area contributed by atoms with Gasteiger partial charge in [-0.1, -0.05) is 0 Å². The summed E-state index contributed by atoms with van der Waals surface area (Å²) >= 11 is 0. The van der Waals surface area contributed by atoms with Gasteiger partial charge in [-0.3, -0.25) is 9.48 Å². The fourth-order valence-electron chi connectivity index (χ4n) is 4.30. The van der Waals surface area contributed by atoms with Crippen molar-refractivity contribution in [1.82, 2.24) is 29.3 Å². The number of carbonyl (C=O) groups excluding carboxylic acids is 1. The van der Waals surface area contributed by atoms with Crippen molar-refractivity contribution in [2.45, 2.75) is 13.0 Å². The summed E-state index contributed by atoms with van der Waals surface area (Å²) in [6.45, 7) is 3.87. The highest BCUT2D eigenvalue weighted by atomic mass is 16.3. The number of nitrogens with zero attached hydrogens (tertiary/aromatic N) is 8. The Kier molecular flexibility index (Phi) is 5.47. The quantitative estimate of drug-likeness (QED) is 0.497. The van der Waals surface area contributed by atoms with Gasteiger partial charge in [0, 0.05) is 74.1 Å². The number of amides is 1. The maximum absolute atomic E-state index is 12.0. The Labute approximate surface area is 196 Å². The van der Waals surface area contributed by atoms with Crippen molar-refractivity contribution >= 4 is 17.2 Å². The molecule has 1 N–H and O–H groups in total. The zero-order valence-electron chi connectivity index (χ0n) is 19.0. The predicted molar refractivity (Wildman–Crippen MR) is 126 cm³/mol. The maximum Gasteiger partial charge on any atom is 0.251 e. The molecule has 0 saturated carbocycles. The summed E-state index contributed by atoms with van der Waals surface area (Å²) in [5.74, 6) is 0.580. The smallest absolute Gasteiger partial charge is 0.251 e. The molecule has 172 valence electrons. The first-order valence-electron chi connectivity index (χ1n) is 11.0. The summed E-state index contributed by atoms with van der Waals surface area (Å²) < 4.78 is 3.47. The fraction of sp³-hybridized carbons (Fsp3) is 0.292. The second kappa shape index (κ2) is 8.61. The van der Waals surface area contributed by atoms with Crippen LogP contribution in [0.4, 0.5) is 5.82 Å². The average molecular weight is 457 g/mol. The van der Waals surface area contributed by atoms with Crippen LogP contribution in [0.5, 0.6) is 0 Å². The van der Waals surface area contributed by atoms with E-state index in [0.717, 1.165) is 33.6 Å². The van der Waals surface area contributed by atoms with Gasteiger partial charge in [0.1, 0.15) is 18.0 Å². The van der Waals surface area contributed by atoms with Gasteiger partial charge in [-0.2, -0.15) is 15.5 Å². The van der Waals surface area contributed by atoms with Crippen LogP contribution in [0.25, 0.3) is 27.8 Å². The lowest BCUT2D eigenvalue weighted by Crippen LogP contribution is -2.51. The van der Waals surface area contributed by atoms with Gasteiger partial charge in [0.2, 0.25) is 0 Å². The number of fused-ring (bicyclic) bond motifs is 1. The third kappa shape index (κ3) is 3.86. The normalized spacial score (nSPS) is 14.9. The number of piperazine rings is 1. The van der Waals surface area contributed by atoms with Crippen LogP contribution in [-0.2, 0) is 11.8 Å². The van der Waals surface area contributed by atoms with Crippen LogP contribution in [0.3, 0.4) is 0 Å². The monoisotopic (exact) mass is 456 g/mol. The highest BCUT2D eigenvalue weighted by Crippen LogP contribution is 2.32. The number of pyridine rings is 2. The minimum absolute atomic E-state index is 0.241. The lowest BCUT2D eigenvalue weighted by atomic mass is 10.0. The van der Waals surface area contributed by atoms with Crippen molar-refractivity contribution < 1.29 is 9.90 Å². The van der Waals surface area contributed by atoms with E-state index in [1.807, 2.05) is 37.6 Å². The van der Waals surface area contributed by atoms with Gasteiger partial charge in [0.15, 0.2) is 0 Å². The average Bonchev–Trinajstić information content (AvgIpc) is 3.49. The SMILES string of the molecule is C[C@H](O)C(=O)N1CCN(c2ccc(-c3cc(-c4cnn(C)c4)cn4ncc(C#N)c34)cn2)CC1. The zero-order valence-corrected chi connectivity index (χ0v) is 19.0. The van der Waals surface area contributed by atoms with E-state index in [-0.39, 0.29) is 5.91 Å². The molecule has 5 heterocycles. The van der Waals surface area contributed by atoms with Gasteiger partial charge in [-0.05, 0) is 25.1 Å². The molecule has 0 bridgehead atoms. The van der Waals surface area contributed by atoms with E-state index >= 15 is 0 Å². The highest BCUT2D eigenvalue weighted by molar-refractivity contribution is 5.87. The predicted octanol–water partition coefficient (Wildman–Crippen LogP) is 1.70. The molecule has 10 heteroatoms. The summed E-state index contributed by atoms with van der Waals surface area (Å²) in [7, 11) is 1.87. The van der Waals surface area contributed by atoms with E-state index in [2.05, 4.69) is 26.2 Å². The molecule has 1 atom stereocenters. The Morgan fingerprint density at radius 3 is 2.47 bits per heavy atom. The summed E-state index contributed by atoms with van der Waals surface area (Å²) in [5, 5.41) is 27.8. The minimum atomic E-state index is -0.981. The molecule has 4 aromatic rings. The van der Waals surface area contributed by atoms with Crippen molar-refractivity contribution in [1.29, 1.82) is 5.26 Å². The molecule has 0 aromatic carbocycles. The number of nitriles is 1. The number of hydrogen-bond donors (Lipinski definition) is 1. The number of aromatic nitrogens is 5. The number of anilines is 1. The zero-order chi connectivity index (χ0) is 23.8. The fourth-order valence-corrected chi connectivity index (χ4v) is 4.30. The van der Waals surface area contributed by atoms with Crippen LogP contribution in [0.1, 0.15) is 12.5 Å². The summed E-state index contributed by atoms with van der Waals surface area (Å²) in [6.07, 6.45) is 8.02. The second-order valence-electron chi connectivity index (χ2n) is 8.40.